The molecule has 2 aromatic rings. The van der Waals surface area contributed by atoms with Gasteiger partial charge in [0.2, 0.25) is 0 Å². The van der Waals surface area contributed by atoms with Crippen molar-refractivity contribution in [2.45, 2.75) is 11.8 Å². The standard InChI is InChI=1S/C14H12FN3O2S/c1-9-2-5-14(12(17)6-9)21(19,20)18-13-4-3-11(15)7-10(13)8-16/h2-7,18H,17H2,1H3. The minimum atomic E-state index is -3.95. The third kappa shape index (κ3) is 3.12. The maximum Gasteiger partial charge on any atom is 0.263 e. The van der Waals surface area contributed by atoms with Crippen molar-refractivity contribution in [1.29, 1.82) is 5.26 Å². The Hall–Kier alpha value is -2.59. The van der Waals surface area contributed by atoms with E-state index < -0.39 is 15.8 Å². The predicted molar refractivity (Wildman–Crippen MR) is 77.5 cm³/mol. The zero-order chi connectivity index (χ0) is 15.6. The zero-order valence-corrected chi connectivity index (χ0v) is 11.9. The van der Waals surface area contributed by atoms with E-state index in [4.69, 9.17) is 11.0 Å². The summed E-state index contributed by atoms with van der Waals surface area (Å²) in [6.07, 6.45) is 0. The van der Waals surface area contributed by atoms with Crippen LogP contribution in [-0.4, -0.2) is 8.42 Å². The summed E-state index contributed by atoms with van der Waals surface area (Å²) in [6.45, 7) is 1.79. The lowest BCUT2D eigenvalue weighted by molar-refractivity contribution is 0.601. The average Bonchev–Trinajstić information content (AvgIpc) is 2.40. The molecule has 0 amide bonds. The molecule has 0 spiro atoms. The van der Waals surface area contributed by atoms with E-state index in [0.717, 1.165) is 17.7 Å². The van der Waals surface area contributed by atoms with Gasteiger partial charge in [-0.2, -0.15) is 5.26 Å². The Morgan fingerprint density at radius 1 is 1.24 bits per heavy atom. The molecule has 0 bridgehead atoms. The first-order chi connectivity index (χ1) is 9.83. The number of halogens is 1. The summed E-state index contributed by atoms with van der Waals surface area (Å²) in [6, 6.07) is 9.47. The normalized spacial score (nSPS) is 10.9. The van der Waals surface area contributed by atoms with Crippen LogP contribution in [0, 0.1) is 24.1 Å². The maximum atomic E-state index is 13.1. The van der Waals surface area contributed by atoms with Crippen LogP contribution in [0.1, 0.15) is 11.1 Å². The molecule has 108 valence electrons. The SMILES string of the molecule is Cc1ccc(S(=O)(=O)Nc2ccc(F)cc2C#N)c(N)c1. The summed E-state index contributed by atoms with van der Waals surface area (Å²) in [4.78, 5) is -0.0960. The lowest BCUT2D eigenvalue weighted by atomic mass is 10.2. The van der Waals surface area contributed by atoms with Crippen LogP contribution in [-0.2, 0) is 10.0 Å². The average molecular weight is 305 g/mol. The molecule has 21 heavy (non-hydrogen) atoms. The molecular weight excluding hydrogens is 293 g/mol. The monoisotopic (exact) mass is 305 g/mol. The zero-order valence-electron chi connectivity index (χ0n) is 11.1. The molecule has 7 heteroatoms. The number of anilines is 2. The first-order valence-corrected chi connectivity index (χ1v) is 7.40. The number of aryl methyl sites for hydroxylation is 1. The van der Waals surface area contributed by atoms with E-state index in [2.05, 4.69) is 4.72 Å². The quantitative estimate of drug-likeness (QED) is 0.851. The number of rotatable bonds is 3. The number of sulfonamides is 1. The number of nitriles is 1. The molecule has 5 nitrogen and oxygen atoms in total. The van der Waals surface area contributed by atoms with Crippen LogP contribution < -0.4 is 10.5 Å². The molecule has 0 atom stereocenters. The lowest BCUT2D eigenvalue weighted by Gasteiger charge is -2.11. The van der Waals surface area contributed by atoms with Gasteiger partial charge in [-0.15, -0.1) is 0 Å². The minimum absolute atomic E-state index is 0.00104. The van der Waals surface area contributed by atoms with Crippen molar-refractivity contribution in [3.8, 4) is 6.07 Å². The summed E-state index contributed by atoms with van der Waals surface area (Å²) in [5, 5.41) is 8.93. The van der Waals surface area contributed by atoms with Gasteiger partial charge in [-0.05, 0) is 42.8 Å². The summed E-state index contributed by atoms with van der Waals surface area (Å²) >= 11 is 0. The van der Waals surface area contributed by atoms with Crippen LogP contribution in [0.2, 0.25) is 0 Å². The summed E-state index contributed by atoms with van der Waals surface area (Å²) in [7, 11) is -3.95. The van der Waals surface area contributed by atoms with Gasteiger partial charge in [-0.25, -0.2) is 12.8 Å². The molecule has 0 radical (unpaired) electrons. The first-order valence-electron chi connectivity index (χ1n) is 5.92. The molecule has 2 aromatic carbocycles. The molecule has 0 saturated carbocycles. The molecule has 0 aliphatic carbocycles. The largest absolute Gasteiger partial charge is 0.398 e. The molecule has 0 fully saturated rings. The van der Waals surface area contributed by atoms with Crippen molar-refractivity contribution in [3.05, 3.63) is 53.3 Å². The number of hydrogen-bond donors (Lipinski definition) is 2. The number of benzene rings is 2. The topological polar surface area (TPSA) is 96.0 Å². The number of nitrogens with zero attached hydrogens (tertiary/aromatic N) is 1. The first kappa shape index (κ1) is 14.8. The number of nitrogen functional groups attached to an aromatic ring is 1. The van der Waals surface area contributed by atoms with Crippen molar-refractivity contribution in [1.82, 2.24) is 0 Å². The van der Waals surface area contributed by atoms with E-state index in [1.807, 2.05) is 0 Å². The molecule has 0 heterocycles. The minimum Gasteiger partial charge on any atom is -0.398 e. The highest BCUT2D eigenvalue weighted by Crippen LogP contribution is 2.24. The fourth-order valence-corrected chi connectivity index (χ4v) is 3.00. The van der Waals surface area contributed by atoms with Gasteiger partial charge in [-0.3, -0.25) is 4.72 Å². The van der Waals surface area contributed by atoms with Gasteiger partial charge in [0.1, 0.15) is 16.8 Å². The second-order valence-corrected chi connectivity index (χ2v) is 6.10. The molecule has 0 aliphatic rings. The van der Waals surface area contributed by atoms with Gasteiger partial charge in [0.15, 0.2) is 0 Å². The van der Waals surface area contributed by atoms with Crippen LogP contribution in [0.4, 0.5) is 15.8 Å². The number of nitrogens with two attached hydrogens (primary N) is 1. The number of hydrogen-bond acceptors (Lipinski definition) is 4. The molecule has 0 saturated heterocycles. The molecule has 0 aliphatic heterocycles. The summed E-state index contributed by atoms with van der Waals surface area (Å²) in [5.41, 5.74) is 6.53. The highest BCUT2D eigenvalue weighted by Gasteiger charge is 2.19. The van der Waals surface area contributed by atoms with E-state index in [9.17, 15) is 12.8 Å². The van der Waals surface area contributed by atoms with Gasteiger partial charge in [0.05, 0.1) is 16.9 Å². The fourth-order valence-electron chi connectivity index (χ4n) is 1.81. The molecule has 2 rings (SSSR count). The van der Waals surface area contributed by atoms with Crippen LogP contribution >= 0.6 is 0 Å². The Kier molecular flexibility index (Phi) is 3.82. The fraction of sp³-hybridized carbons (Fsp3) is 0.0714. The van der Waals surface area contributed by atoms with Gasteiger partial charge in [-0.1, -0.05) is 6.07 Å². The summed E-state index contributed by atoms with van der Waals surface area (Å²) < 4.78 is 39.9. The molecule has 0 unspecified atom stereocenters. The Morgan fingerprint density at radius 2 is 1.95 bits per heavy atom. The van der Waals surface area contributed by atoms with Crippen LogP contribution in [0.5, 0.6) is 0 Å². The highest BCUT2D eigenvalue weighted by molar-refractivity contribution is 7.92. The maximum absolute atomic E-state index is 13.1. The van der Waals surface area contributed by atoms with Crippen molar-refractivity contribution >= 4 is 21.4 Å². The van der Waals surface area contributed by atoms with E-state index in [0.29, 0.717) is 0 Å². The Morgan fingerprint density at radius 3 is 2.57 bits per heavy atom. The van der Waals surface area contributed by atoms with Gasteiger partial charge >= 0.3 is 0 Å². The second-order valence-electron chi connectivity index (χ2n) is 4.45. The van der Waals surface area contributed by atoms with Gasteiger partial charge in [0, 0.05) is 0 Å². The van der Waals surface area contributed by atoms with E-state index in [1.54, 1.807) is 19.1 Å². The third-order valence-electron chi connectivity index (χ3n) is 2.80. The van der Waals surface area contributed by atoms with Crippen molar-refractivity contribution in [2.75, 3.05) is 10.5 Å². The van der Waals surface area contributed by atoms with Crippen LogP contribution in [0.3, 0.4) is 0 Å². The summed E-state index contributed by atoms with van der Waals surface area (Å²) in [5.74, 6) is -0.621. The highest BCUT2D eigenvalue weighted by atomic mass is 32.2. The van der Waals surface area contributed by atoms with E-state index in [1.165, 1.54) is 18.2 Å². The van der Waals surface area contributed by atoms with Gasteiger partial charge in [0.25, 0.3) is 10.0 Å². The Balaban J connectivity index is 2.45. The lowest BCUT2D eigenvalue weighted by Crippen LogP contribution is -2.15. The molecule has 3 N–H and O–H groups in total. The van der Waals surface area contributed by atoms with Crippen LogP contribution in [0.15, 0.2) is 41.3 Å². The third-order valence-corrected chi connectivity index (χ3v) is 4.24. The van der Waals surface area contributed by atoms with Crippen molar-refractivity contribution in [3.63, 3.8) is 0 Å². The molecular formula is C14H12FN3O2S. The van der Waals surface area contributed by atoms with Gasteiger partial charge < -0.3 is 5.73 Å². The van der Waals surface area contributed by atoms with Crippen molar-refractivity contribution in [2.24, 2.45) is 0 Å². The predicted octanol–water partition coefficient (Wildman–Crippen LogP) is 2.39. The Labute approximate surface area is 121 Å². The second kappa shape index (κ2) is 5.42. The van der Waals surface area contributed by atoms with E-state index >= 15 is 0 Å². The van der Waals surface area contributed by atoms with Crippen LogP contribution in [0.25, 0.3) is 0 Å². The van der Waals surface area contributed by atoms with E-state index in [-0.39, 0.29) is 21.8 Å². The number of nitrogens with one attached hydrogen (secondary N) is 1. The smallest absolute Gasteiger partial charge is 0.263 e. The molecule has 0 aromatic heterocycles. The van der Waals surface area contributed by atoms with Crippen molar-refractivity contribution < 1.29 is 12.8 Å². The Bertz CT molecular complexity index is 842.